The first kappa shape index (κ1) is 8.87. The number of nitrogens with zero attached hydrogens (tertiary/aromatic N) is 1. The lowest BCUT2D eigenvalue weighted by Gasteiger charge is -2.26. The van der Waals surface area contributed by atoms with Crippen molar-refractivity contribution in [2.45, 2.75) is 19.3 Å². The number of hydrogen-bond donors (Lipinski definition) is 1. The van der Waals surface area contributed by atoms with Crippen LogP contribution in [0.1, 0.15) is 19.3 Å². The van der Waals surface area contributed by atoms with Crippen molar-refractivity contribution >= 4 is 18.8 Å². The molecule has 1 rings (SSSR count). The third kappa shape index (κ3) is 2.71. The van der Waals surface area contributed by atoms with Gasteiger partial charge in [0.15, 0.2) is 0 Å². The minimum atomic E-state index is 0.0553. The van der Waals surface area contributed by atoms with E-state index in [-0.39, 0.29) is 12.5 Å². The van der Waals surface area contributed by atoms with Crippen LogP contribution in [-0.4, -0.2) is 30.5 Å². The Hall–Kier alpha value is -0.220. The number of amides is 1. The summed E-state index contributed by atoms with van der Waals surface area (Å²) < 4.78 is 4.46. The van der Waals surface area contributed by atoms with Gasteiger partial charge >= 0.3 is 0 Å². The lowest BCUT2D eigenvalue weighted by molar-refractivity contribution is -0.133. The van der Waals surface area contributed by atoms with Crippen LogP contribution in [0.15, 0.2) is 0 Å². The molecule has 0 radical (unpaired) electrons. The van der Waals surface area contributed by atoms with Gasteiger partial charge in [0.1, 0.15) is 6.61 Å². The molecule has 1 aliphatic rings. The molecular weight excluding hydrogens is 162 g/mol. The van der Waals surface area contributed by atoms with E-state index in [1.807, 2.05) is 4.90 Å². The maximum Gasteiger partial charge on any atom is 0.249 e. The van der Waals surface area contributed by atoms with Crippen LogP contribution in [0.25, 0.3) is 0 Å². The third-order valence-electron chi connectivity index (χ3n) is 1.90. The van der Waals surface area contributed by atoms with Gasteiger partial charge in [0, 0.05) is 13.1 Å². The van der Waals surface area contributed by atoms with Gasteiger partial charge in [0.25, 0.3) is 0 Å². The largest absolute Gasteiger partial charge is 0.341 e. The van der Waals surface area contributed by atoms with Gasteiger partial charge in [-0.15, -0.1) is 0 Å². The van der Waals surface area contributed by atoms with Gasteiger partial charge in [0.05, 0.1) is 0 Å². The van der Waals surface area contributed by atoms with E-state index < -0.39 is 0 Å². The fourth-order valence-electron chi connectivity index (χ4n) is 1.29. The van der Waals surface area contributed by atoms with Gasteiger partial charge in [-0.25, -0.2) is 0 Å². The second kappa shape index (κ2) is 4.62. The molecule has 1 amide bonds. The standard InChI is InChI=1S/C7H13NO2S/c9-7(6-10-11)8-4-2-1-3-5-8/h11H,1-6H2. The quantitative estimate of drug-likeness (QED) is 0.498. The van der Waals surface area contributed by atoms with Crippen molar-refractivity contribution in [3.8, 4) is 0 Å². The van der Waals surface area contributed by atoms with Gasteiger partial charge in [-0.1, -0.05) is 0 Å². The van der Waals surface area contributed by atoms with Crippen LogP contribution in [-0.2, 0) is 8.98 Å². The molecule has 0 unspecified atom stereocenters. The van der Waals surface area contributed by atoms with Crippen molar-refractivity contribution in [1.29, 1.82) is 0 Å². The predicted octanol–water partition coefficient (Wildman–Crippen LogP) is 0.860. The number of rotatable bonds is 2. The first-order chi connectivity index (χ1) is 5.34. The number of likely N-dealkylation sites (tertiary alicyclic amines) is 1. The molecule has 0 aromatic carbocycles. The number of carbonyl (C=O) groups excluding carboxylic acids is 1. The van der Waals surface area contributed by atoms with Gasteiger partial charge in [-0.05, 0) is 32.2 Å². The summed E-state index contributed by atoms with van der Waals surface area (Å²) in [5, 5.41) is 0. The van der Waals surface area contributed by atoms with Crippen LogP contribution in [0.2, 0.25) is 0 Å². The molecule has 0 saturated carbocycles. The van der Waals surface area contributed by atoms with E-state index in [1.165, 1.54) is 6.42 Å². The molecule has 0 spiro atoms. The van der Waals surface area contributed by atoms with Gasteiger partial charge in [-0.2, -0.15) is 0 Å². The molecule has 3 nitrogen and oxygen atoms in total. The predicted molar refractivity (Wildman–Crippen MR) is 45.4 cm³/mol. The van der Waals surface area contributed by atoms with Crippen molar-refractivity contribution in [1.82, 2.24) is 4.90 Å². The van der Waals surface area contributed by atoms with Crippen molar-refractivity contribution in [3.63, 3.8) is 0 Å². The highest BCUT2D eigenvalue weighted by Crippen LogP contribution is 2.08. The van der Waals surface area contributed by atoms with Crippen molar-refractivity contribution in [3.05, 3.63) is 0 Å². The molecule has 1 saturated heterocycles. The second-order valence-corrected chi connectivity index (χ2v) is 2.97. The van der Waals surface area contributed by atoms with E-state index in [1.54, 1.807) is 0 Å². The zero-order valence-electron chi connectivity index (χ0n) is 6.45. The van der Waals surface area contributed by atoms with Gasteiger partial charge < -0.3 is 9.08 Å². The summed E-state index contributed by atoms with van der Waals surface area (Å²) in [5.74, 6) is 0.0553. The average molecular weight is 175 g/mol. The van der Waals surface area contributed by atoms with Gasteiger partial charge in [-0.3, -0.25) is 4.79 Å². The number of thiol groups is 1. The molecule has 64 valence electrons. The van der Waals surface area contributed by atoms with Crippen LogP contribution >= 0.6 is 12.9 Å². The molecule has 0 atom stereocenters. The topological polar surface area (TPSA) is 29.5 Å². The smallest absolute Gasteiger partial charge is 0.249 e. The van der Waals surface area contributed by atoms with E-state index in [9.17, 15) is 4.79 Å². The van der Waals surface area contributed by atoms with E-state index in [0.29, 0.717) is 0 Å². The van der Waals surface area contributed by atoms with Gasteiger partial charge in [0.2, 0.25) is 5.91 Å². The number of hydrogen-bond acceptors (Lipinski definition) is 3. The first-order valence-electron chi connectivity index (χ1n) is 3.88. The lowest BCUT2D eigenvalue weighted by Crippen LogP contribution is -2.37. The van der Waals surface area contributed by atoms with Crippen molar-refractivity contribution < 1.29 is 8.98 Å². The minimum Gasteiger partial charge on any atom is -0.341 e. The SMILES string of the molecule is O=C(COS)N1CCCCC1. The fraction of sp³-hybridized carbons (Fsp3) is 0.857. The molecule has 0 aromatic heterocycles. The molecule has 0 bridgehead atoms. The van der Waals surface area contributed by atoms with E-state index in [4.69, 9.17) is 0 Å². The van der Waals surface area contributed by atoms with E-state index in [2.05, 4.69) is 17.1 Å². The Morgan fingerprint density at radius 1 is 1.36 bits per heavy atom. The Morgan fingerprint density at radius 3 is 2.55 bits per heavy atom. The molecule has 1 fully saturated rings. The molecule has 1 heterocycles. The summed E-state index contributed by atoms with van der Waals surface area (Å²) >= 11 is 3.53. The second-order valence-electron chi connectivity index (χ2n) is 2.71. The van der Waals surface area contributed by atoms with Crippen molar-refractivity contribution in [2.24, 2.45) is 0 Å². The minimum absolute atomic E-state index is 0.0553. The molecule has 1 aliphatic heterocycles. The van der Waals surface area contributed by atoms with Crippen LogP contribution in [0, 0.1) is 0 Å². The summed E-state index contributed by atoms with van der Waals surface area (Å²) in [4.78, 5) is 13.0. The Bertz CT molecular complexity index is 134. The lowest BCUT2D eigenvalue weighted by atomic mass is 10.1. The van der Waals surface area contributed by atoms with Crippen molar-refractivity contribution in [2.75, 3.05) is 19.7 Å². The van der Waals surface area contributed by atoms with E-state index >= 15 is 0 Å². The Labute approximate surface area is 72.3 Å². The van der Waals surface area contributed by atoms with Crippen LogP contribution < -0.4 is 0 Å². The highest BCUT2D eigenvalue weighted by Gasteiger charge is 2.15. The molecular formula is C7H13NO2S. The zero-order valence-corrected chi connectivity index (χ0v) is 7.35. The molecule has 4 heteroatoms. The third-order valence-corrected chi connectivity index (χ3v) is 2.03. The summed E-state index contributed by atoms with van der Waals surface area (Å²) in [6, 6.07) is 0. The Balaban J connectivity index is 2.27. The monoisotopic (exact) mass is 175 g/mol. The number of piperidine rings is 1. The Morgan fingerprint density at radius 2 is 2.00 bits per heavy atom. The fourth-order valence-corrected chi connectivity index (χ4v) is 1.40. The Kier molecular flexibility index (Phi) is 3.72. The summed E-state index contributed by atoms with van der Waals surface area (Å²) in [5.41, 5.74) is 0. The van der Waals surface area contributed by atoms with Crippen LogP contribution in [0.4, 0.5) is 0 Å². The maximum atomic E-state index is 11.2. The van der Waals surface area contributed by atoms with E-state index in [0.717, 1.165) is 25.9 Å². The zero-order chi connectivity index (χ0) is 8.10. The summed E-state index contributed by atoms with van der Waals surface area (Å²) in [6.45, 7) is 1.87. The molecule has 11 heavy (non-hydrogen) atoms. The molecule has 0 N–H and O–H groups in total. The highest BCUT2D eigenvalue weighted by molar-refractivity contribution is 7.75. The maximum absolute atomic E-state index is 11.2. The summed E-state index contributed by atoms with van der Waals surface area (Å²) in [7, 11) is 0. The molecule has 0 aliphatic carbocycles. The average Bonchev–Trinajstić information content (AvgIpc) is 2.07. The summed E-state index contributed by atoms with van der Waals surface area (Å²) in [6.07, 6.45) is 3.49. The van der Waals surface area contributed by atoms with Crippen LogP contribution in [0.3, 0.4) is 0 Å². The highest BCUT2D eigenvalue weighted by atomic mass is 32.1. The molecule has 0 aromatic rings. The first-order valence-corrected chi connectivity index (χ1v) is 4.25. The number of carbonyl (C=O) groups is 1. The normalized spacial score (nSPS) is 18.5. The van der Waals surface area contributed by atoms with Crippen LogP contribution in [0.5, 0.6) is 0 Å².